The first kappa shape index (κ1) is 19.6. The van der Waals surface area contributed by atoms with E-state index in [0.29, 0.717) is 30.9 Å². The average Bonchev–Trinajstić information content (AvgIpc) is 3.23. The molecular weight excluding hydrogens is 393 g/mol. The highest BCUT2D eigenvalue weighted by Gasteiger charge is 2.34. The Hall–Kier alpha value is -2.74. The highest BCUT2D eigenvalue weighted by molar-refractivity contribution is 7.19. The minimum absolute atomic E-state index is 0.270. The Labute approximate surface area is 171 Å². The molecule has 6 nitrogen and oxygen atoms in total. The van der Waals surface area contributed by atoms with Crippen LogP contribution in [0.25, 0.3) is 10.1 Å². The van der Waals surface area contributed by atoms with Crippen LogP contribution < -0.4 is 10.9 Å². The molecule has 0 unspecified atom stereocenters. The highest BCUT2D eigenvalue weighted by atomic mass is 32.1. The summed E-state index contributed by atoms with van der Waals surface area (Å²) in [4.78, 5) is 30.9. The maximum Gasteiger partial charge on any atom is 0.329 e. The Balaban J connectivity index is 1.55. The van der Waals surface area contributed by atoms with Crippen LogP contribution in [-0.4, -0.2) is 21.1 Å². The maximum absolute atomic E-state index is 13.4. The molecule has 0 fully saturated rings. The van der Waals surface area contributed by atoms with Gasteiger partial charge in [-0.25, -0.2) is 14.2 Å². The number of benzene rings is 1. The molecule has 3 aromatic rings. The summed E-state index contributed by atoms with van der Waals surface area (Å²) in [6.07, 6.45) is 2.57. The summed E-state index contributed by atoms with van der Waals surface area (Å²) in [5, 5.41) is 4.07. The van der Waals surface area contributed by atoms with E-state index >= 15 is 0 Å². The lowest BCUT2D eigenvalue weighted by molar-refractivity contribution is -0.158. The van der Waals surface area contributed by atoms with Crippen molar-refractivity contribution < 1.29 is 13.9 Å². The van der Waals surface area contributed by atoms with Gasteiger partial charge >= 0.3 is 5.97 Å². The molecule has 0 amide bonds. The third kappa shape index (κ3) is 4.03. The summed E-state index contributed by atoms with van der Waals surface area (Å²) >= 11 is 1.47. The number of aromatic nitrogens is 2. The molecule has 1 N–H and O–H groups in total. The van der Waals surface area contributed by atoms with Crippen molar-refractivity contribution in [1.82, 2.24) is 9.55 Å². The van der Waals surface area contributed by atoms with E-state index in [4.69, 9.17) is 4.74 Å². The van der Waals surface area contributed by atoms with E-state index in [2.05, 4.69) is 10.3 Å². The fraction of sp³-hybridized carbons (Fsp3) is 0.381. The number of hydrogen-bond acceptors (Lipinski definition) is 6. The number of nitrogens with zero attached hydrogens (tertiary/aromatic N) is 2. The summed E-state index contributed by atoms with van der Waals surface area (Å²) in [5.74, 6) is -0.0920. The van der Waals surface area contributed by atoms with E-state index in [1.165, 1.54) is 34.2 Å². The van der Waals surface area contributed by atoms with Gasteiger partial charge < -0.3 is 10.1 Å². The maximum atomic E-state index is 13.4. The largest absolute Gasteiger partial charge is 0.458 e. The molecule has 1 atom stereocenters. The van der Waals surface area contributed by atoms with Crippen LogP contribution in [0.5, 0.6) is 0 Å². The number of anilines is 1. The number of esters is 1. The number of halogens is 1. The van der Waals surface area contributed by atoms with E-state index in [-0.39, 0.29) is 11.4 Å². The molecule has 0 spiro atoms. The minimum atomic E-state index is -0.654. The predicted octanol–water partition coefficient (Wildman–Crippen LogP) is 4.04. The smallest absolute Gasteiger partial charge is 0.329 e. The van der Waals surface area contributed by atoms with Gasteiger partial charge in [0, 0.05) is 22.5 Å². The van der Waals surface area contributed by atoms with Crippen molar-refractivity contribution in [1.29, 1.82) is 0 Å². The second-order valence-electron chi connectivity index (χ2n) is 8.10. The topological polar surface area (TPSA) is 73.2 Å². The minimum Gasteiger partial charge on any atom is -0.458 e. The second kappa shape index (κ2) is 7.26. The molecule has 2 aromatic heterocycles. The SMILES string of the molecule is CC(C)(C)OC(=O)[C@@H]1CCc2ncc(NCc3cc4ccc(F)cc4s3)c(=O)n21. The first-order chi connectivity index (χ1) is 13.7. The normalized spacial score (nSPS) is 16.1. The fourth-order valence-electron chi connectivity index (χ4n) is 3.45. The summed E-state index contributed by atoms with van der Waals surface area (Å²) in [5.41, 5.74) is -0.573. The molecule has 152 valence electrons. The Morgan fingerprint density at radius 2 is 2.17 bits per heavy atom. The van der Waals surface area contributed by atoms with Crippen molar-refractivity contribution >= 4 is 33.1 Å². The van der Waals surface area contributed by atoms with Crippen LogP contribution in [0.15, 0.2) is 35.3 Å². The number of aryl methyl sites for hydroxylation is 1. The Bertz CT molecular complexity index is 1150. The number of rotatable bonds is 4. The van der Waals surface area contributed by atoms with Crippen LogP contribution in [0.3, 0.4) is 0 Å². The van der Waals surface area contributed by atoms with Gasteiger partial charge in [0.2, 0.25) is 0 Å². The number of fused-ring (bicyclic) bond motifs is 2. The first-order valence-corrected chi connectivity index (χ1v) is 10.3. The molecular formula is C21H22FN3O3S. The number of hydrogen-bond donors (Lipinski definition) is 1. The van der Waals surface area contributed by atoms with Gasteiger partial charge in [-0.3, -0.25) is 9.36 Å². The Morgan fingerprint density at radius 3 is 2.93 bits per heavy atom. The number of ether oxygens (including phenoxy) is 1. The predicted molar refractivity (Wildman–Crippen MR) is 111 cm³/mol. The lowest BCUT2D eigenvalue weighted by Gasteiger charge is -2.23. The standard InChI is InChI=1S/C21H22FN3O3S/c1-21(2,3)28-20(27)16-6-7-18-24-11-15(19(26)25(16)18)23-10-14-8-12-4-5-13(22)9-17(12)29-14/h4-5,8-9,11,16,23H,6-7,10H2,1-3H3/t16-/m0/s1. The zero-order valence-corrected chi connectivity index (χ0v) is 17.3. The summed E-state index contributed by atoms with van der Waals surface area (Å²) < 4.78 is 21.2. The molecule has 0 bridgehead atoms. The van der Waals surface area contributed by atoms with Gasteiger partial charge in [0.05, 0.1) is 6.20 Å². The molecule has 3 heterocycles. The number of thiophene rings is 1. The van der Waals surface area contributed by atoms with Gasteiger partial charge in [0.25, 0.3) is 5.56 Å². The van der Waals surface area contributed by atoms with Gasteiger partial charge in [0.1, 0.15) is 29.0 Å². The Morgan fingerprint density at radius 1 is 1.38 bits per heavy atom. The van der Waals surface area contributed by atoms with Gasteiger partial charge in [-0.15, -0.1) is 11.3 Å². The monoisotopic (exact) mass is 415 g/mol. The third-order valence-corrected chi connectivity index (χ3v) is 5.79. The van der Waals surface area contributed by atoms with Crippen LogP contribution in [0.1, 0.15) is 43.9 Å². The molecule has 29 heavy (non-hydrogen) atoms. The van der Waals surface area contributed by atoms with Crippen LogP contribution in [0.4, 0.5) is 10.1 Å². The summed E-state index contributed by atoms with van der Waals surface area (Å²) in [7, 11) is 0. The summed E-state index contributed by atoms with van der Waals surface area (Å²) in [6.45, 7) is 5.82. The van der Waals surface area contributed by atoms with Crippen molar-refractivity contribution in [3.63, 3.8) is 0 Å². The quantitative estimate of drug-likeness (QED) is 0.651. The van der Waals surface area contributed by atoms with Gasteiger partial charge in [0.15, 0.2) is 0 Å². The molecule has 0 aliphatic carbocycles. The lowest BCUT2D eigenvalue weighted by atomic mass is 10.1. The van der Waals surface area contributed by atoms with Crippen LogP contribution in [0.2, 0.25) is 0 Å². The molecule has 1 aromatic carbocycles. The molecule has 0 radical (unpaired) electrons. The van der Waals surface area contributed by atoms with Crippen LogP contribution in [-0.2, 0) is 22.5 Å². The molecule has 4 rings (SSSR count). The molecule has 0 saturated heterocycles. The average molecular weight is 415 g/mol. The van der Waals surface area contributed by atoms with E-state index in [1.54, 1.807) is 26.8 Å². The summed E-state index contributed by atoms with van der Waals surface area (Å²) in [6, 6.07) is 5.98. The molecule has 1 aliphatic heterocycles. The van der Waals surface area contributed by atoms with Gasteiger partial charge in [-0.05, 0) is 50.8 Å². The zero-order chi connectivity index (χ0) is 20.8. The third-order valence-electron chi connectivity index (χ3n) is 4.69. The fourth-order valence-corrected chi connectivity index (χ4v) is 4.48. The van der Waals surface area contributed by atoms with Crippen LogP contribution >= 0.6 is 11.3 Å². The van der Waals surface area contributed by atoms with E-state index in [1.807, 2.05) is 6.07 Å². The Kier molecular flexibility index (Phi) is 4.90. The van der Waals surface area contributed by atoms with Crippen molar-refractivity contribution in [2.45, 2.75) is 51.8 Å². The molecule has 8 heteroatoms. The van der Waals surface area contributed by atoms with Crippen molar-refractivity contribution in [3.05, 3.63) is 57.3 Å². The van der Waals surface area contributed by atoms with Crippen LogP contribution in [0, 0.1) is 5.82 Å². The number of carbonyl (C=O) groups excluding carboxylic acids is 1. The van der Waals surface area contributed by atoms with Crippen molar-refractivity contribution in [3.8, 4) is 0 Å². The van der Waals surface area contributed by atoms with E-state index in [9.17, 15) is 14.0 Å². The molecule has 0 saturated carbocycles. The lowest BCUT2D eigenvalue weighted by Crippen LogP contribution is -2.34. The van der Waals surface area contributed by atoms with Gasteiger partial charge in [-0.1, -0.05) is 6.07 Å². The molecule has 1 aliphatic rings. The van der Waals surface area contributed by atoms with E-state index in [0.717, 1.165) is 15.0 Å². The van der Waals surface area contributed by atoms with Crippen molar-refractivity contribution in [2.24, 2.45) is 0 Å². The zero-order valence-electron chi connectivity index (χ0n) is 16.5. The van der Waals surface area contributed by atoms with E-state index < -0.39 is 17.6 Å². The number of carbonyl (C=O) groups is 1. The van der Waals surface area contributed by atoms with Crippen molar-refractivity contribution in [2.75, 3.05) is 5.32 Å². The highest BCUT2D eigenvalue weighted by Crippen LogP contribution is 2.28. The van der Waals surface area contributed by atoms with Gasteiger partial charge in [-0.2, -0.15) is 0 Å². The number of nitrogens with one attached hydrogen (secondary N) is 1. The first-order valence-electron chi connectivity index (χ1n) is 9.46. The second-order valence-corrected chi connectivity index (χ2v) is 9.27.